The first-order valence-electron chi connectivity index (χ1n) is 35.1. The van der Waals surface area contributed by atoms with Gasteiger partial charge in [0.25, 0.3) is 0 Å². The average molecular weight is 1130 g/mol. The highest BCUT2D eigenvalue weighted by molar-refractivity contribution is 5.71. The molecule has 0 aromatic heterocycles. The maximum Gasteiger partial charge on any atom is 0.306 e. The number of ether oxygens (including phenoxy) is 3. The molecular formula is C75H132O6. The van der Waals surface area contributed by atoms with Crippen LogP contribution < -0.4 is 0 Å². The first kappa shape index (κ1) is 77.6. The van der Waals surface area contributed by atoms with Crippen LogP contribution in [0.1, 0.15) is 355 Å². The van der Waals surface area contributed by atoms with E-state index >= 15 is 0 Å². The highest BCUT2D eigenvalue weighted by Crippen LogP contribution is 2.17. The lowest BCUT2D eigenvalue weighted by Gasteiger charge is -2.18. The molecule has 6 nitrogen and oxygen atoms in total. The summed E-state index contributed by atoms with van der Waals surface area (Å²) in [6.45, 7) is 6.55. The summed E-state index contributed by atoms with van der Waals surface area (Å²) in [7, 11) is 0. The zero-order valence-corrected chi connectivity index (χ0v) is 53.8. The Bertz CT molecular complexity index is 1530. The molecule has 0 fully saturated rings. The van der Waals surface area contributed by atoms with Crippen LogP contribution in [0.2, 0.25) is 0 Å². The Balaban J connectivity index is 4.21. The van der Waals surface area contributed by atoms with Crippen molar-refractivity contribution in [1.82, 2.24) is 0 Å². The molecule has 6 heteroatoms. The summed E-state index contributed by atoms with van der Waals surface area (Å²) in [5.74, 6) is -0.896. The fourth-order valence-electron chi connectivity index (χ4n) is 10.1. The molecule has 0 rings (SSSR count). The Kier molecular flexibility index (Phi) is 66.2. The third-order valence-corrected chi connectivity index (χ3v) is 15.3. The fraction of sp³-hybridized carbons (Fsp3) is 0.773. The van der Waals surface area contributed by atoms with Crippen LogP contribution >= 0.6 is 0 Å². The van der Waals surface area contributed by atoms with Gasteiger partial charge in [0.05, 0.1) is 0 Å². The van der Waals surface area contributed by atoms with E-state index in [-0.39, 0.29) is 31.1 Å². The molecular weight excluding hydrogens is 997 g/mol. The van der Waals surface area contributed by atoms with Gasteiger partial charge >= 0.3 is 17.9 Å². The van der Waals surface area contributed by atoms with E-state index in [2.05, 4.69) is 106 Å². The van der Waals surface area contributed by atoms with Gasteiger partial charge in [0.15, 0.2) is 6.10 Å². The molecule has 0 radical (unpaired) electrons. The van der Waals surface area contributed by atoms with E-state index in [9.17, 15) is 14.4 Å². The van der Waals surface area contributed by atoms with Crippen molar-refractivity contribution in [1.29, 1.82) is 0 Å². The molecule has 0 N–H and O–H groups in total. The highest BCUT2D eigenvalue weighted by Gasteiger charge is 2.19. The van der Waals surface area contributed by atoms with Gasteiger partial charge in [-0.05, 0) is 116 Å². The zero-order chi connectivity index (χ0) is 58.5. The average Bonchev–Trinajstić information content (AvgIpc) is 3.46. The molecule has 0 aliphatic carbocycles. The molecule has 0 aliphatic heterocycles. The molecule has 1 atom stereocenters. The van der Waals surface area contributed by atoms with Crippen molar-refractivity contribution in [3.8, 4) is 0 Å². The molecule has 0 aromatic carbocycles. The molecule has 81 heavy (non-hydrogen) atoms. The van der Waals surface area contributed by atoms with Gasteiger partial charge in [0.1, 0.15) is 13.2 Å². The smallest absolute Gasteiger partial charge is 0.306 e. The van der Waals surface area contributed by atoms with Crippen molar-refractivity contribution >= 4 is 17.9 Å². The van der Waals surface area contributed by atoms with Gasteiger partial charge in [-0.25, -0.2) is 0 Å². The summed E-state index contributed by atoms with van der Waals surface area (Å²) in [5.41, 5.74) is 0. The minimum atomic E-state index is -0.790. The van der Waals surface area contributed by atoms with Crippen LogP contribution in [0.5, 0.6) is 0 Å². The summed E-state index contributed by atoms with van der Waals surface area (Å²) in [6, 6.07) is 0. The Hall–Kier alpha value is -3.41. The molecule has 0 amide bonds. The van der Waals surface area contributed by atoms with E-state index < -0.39 is 6.10 Å². The molecule has 1 unspecified atom stereocenters. The Morgan fingerprint density at radius 3 is 0.765 bits per heavy atom. The van der Waals surface area contributed by atoms with Crippen LogP contribution in [0, 0.1) is 0 Å². The van der Waals surface area contributed by atoms with Gasteiger partial charge < -0.3 is 14.2 Å². The number of rotatable bonds is 64. The second-order valence-corrected chi connectivity index (χ2v) is 23.4. The molecule has 0 aromatic rings. The van der Waals surface area contributed by atoms with Crippen LogP contribution in [-0.4, -0.2) is 37.2 Å². The van der Waals surface area contributed by atoms with Gasteiger partial charge in [-0.1, -0.05) is 305 Å². The normalized spacial score (nSPS) is 12.6. The topological polar surface area (TPSA) is 78.9 Å². The number of allylic oxidation sites excluding steroid dienone is 14. The van der Waals surface area contributed by atoms with Crippen LogP contribution in [0.3, 0.4) is 0 Å². The second kappa shape index (κ2) is 69.1. The molecule has 0 saturated heterocycles. The Labute approximate surface area is 503 Å². The van der Waals surface area contributed by atoms with E-state index in [0.717, 1.165) is 122 Å². The van der Waals surface area contributed by atoms with Gasteiger partial charge in [-0.15, -0.1) is 0 Å². The lowest BCUT2D eigenvalue weighted by atomic mass is 10.0. The summed E-state index contributed by atoms with van der Waals surface area (Å²) in [4.78, 5) is 38.4. The molecule has 0 saturated carbocycles. The molecule has 0 aliphatic rings. The quantitative estimate of drug-likeness (QED) is 0.0261. The monoisotopic (exact) mass is 1130 g/mol. The van der Waals surface area contributed by atoms with Crippen molar-refractivity contribution in [3.63, 3.8) is 0 Å². The predicted molar refractivity (Wildman–Crippen MR) is 353 cm³/mol. The molecule has 0 bridgehead atoms. The summed E-state index contributed by atoms with van der Waals surface area (Å²) < 4.78 is 16.9. The Morgan fingerprint density at radius 1 is 0.247 bits per heavy atom. The number of unbranched alkanes of at least 4 members (excludes halogenated alkanes) is 39. The van der Waals surface area contributed by atoms with E-state index in [4.69, 9.17) is 14.2 Å². The van der Waals surface area contributed by atoms with Crippen LogP contribution in [0.25, 0.3) is 0 Å². The summed E-state index contributed by atoms with van der Waals surface area (Å²) in [5, 5.41) is 0. The maximum absolute atomic E-state index is 12.9. The van der Waals surface area contributed by atoms with Crippen molar-refractivity contribution in [3.05, 3.63) is 85.1 Å². The van der Waals surface area contributed by atoms with Crippen LogP contribution in [0.4, 0.5) is 0 Å². The minimum Gasteiger partial charge on any atom is -0.462 e. The first-order chi connectivity index (χ1) is 40.0. The molecule has 0 heterocycles. The van der Waals surface area contributed by atoms with Gasteiger partial charge in [-0.2, -0.15) is 0 Å². The van der Waals surface area contributed by atoms with Gasteiger partial charge in [0.2, 0.25) is 0 Å². The van der Waals surface area contributed by atoms with E-state index in [0.29, 0.717) is 19.3 Å². The van der Waals surface area contributed by atoms with Crippen molar-refractivity contribution in [2.75, 3.05) is 13.2 Å². The van der Waals surface area contributed by atoms with E-state index in [1.54, 1.807) is 0 Å². The largest absolute Gasteiger partial charge is 0.462 e. The summed E-state index contributed by atoms with van der Waals surface area (Å²) >= 11 is 0. The third kappa shape index (κ3) is 67.3. The van der Waals surface area contributed by atoms with E-state index in [1.807, 2.05) is 0 Å². The SMILES string of the molecule is CCC/C=C\C/C=C\CCCCCCCC(=O)OCC(COC(=O)CCCCCCCCCCCCCCCCCCCCC/C=C\C/C=C\CCCCCCC)OC(=O)CCCCCCCC/C=C\C/C=C\C/C=C\CCCCC. The first-order valence-corrected chi connectivity index (χ1v) is 35.1. The number of hydrogen-bond acceptors (Lipinski definition) is 6. The number of carbonyl (C=O) groups is 3. The molecule has 468 valence electrons. The van der Waals surface area contributed by atoms with Crippen molar-refractivity contribution in [2.24, 2.45) is 0 Å². The lowest BCUT2D eigenvalue weighted by molar-refractivity contribution is -0.167. The van der Waals surface area contributed by atoms with Crippen LogP contribution in [0.15, 0.2) is 85.1 Å². The minimum absolute atomic E-state index is 0.0839. The standard InChI is InChI=1S/C75H132O6/c1-4-7-10-13-16-19-22-25-27-29-31-32-33-34-35-36-37-38-39-40-41-42-44-45-47-50-53-56-59-62-65-68-74(77)80-71-72(70-79-73(76)67-64-61-58-55-52-49-24-21-18-15-12-9-6-3)81-75(78)69-66-63-60-57-54-51-48-46-43-30-28-26-23-20-17-14-11-8-5-2/h12,15,17,20-22,24-26,28-29,31,43,46,72H,4-11,13-14,16,18-19,23,27,30,32-42,44-45,47-71H2,1-3H3/b15-12-,20-17-,24-21-,25-22-,28-26-,31-29-,46-43-. The lowest BCUT2D eigenvalue weighted by Crippen LogP contribution is -2.30. The van der Waals surface area contributed by atoms with Crippen LogP contribution in [-0.2, 0) is 28.6 Å². The number of carbonyl (C=O) groups excluding carboxylic acids is 3. The molecule has 0 spiro atoms. The predicted octanol–water partition coefficient (Wildman–Crippen LogP) is 24.2. The number of esters is 3. The Morgan fingerprint density at radius 2 is 0.469 bits per heavy atom. The fourth-order valence-corrected chi connectivity index (χ4v) is 10.1. The number of hydrogen-bond donors (Lipinski definition) is 0. The van der Waals surface area contributed by atoms with Gasteiger partial charge in [-0.3, -0.25) is 14.4 Å². The van der Waals surface area contributed by atoms with Crippen molar-refractivity contribution < 1.29 is 28.6 Å². The summed E-state index contributed by atoms with van der Waals surface area (Å²) in [6.07, 6.45) is 91.9. The highest BCUT2D eigenvalue weighted by atomic mass is 16.6. The maximum atomic E-state index is 12.9. The second-order valence-electron chi connectivity index (χ2n) is 23.4. The zero-order valence-electron chi connectivity index (χ0n) is 53.8. The van der Waals surface area contributed by atoms with E-state index in [1.165, 1.54) is 193 Å². The van der Waals surface area contributed by atoms with Gasteiger partial charge in [0, 0.05) is 19.3 Å². The van der Waals surface area contributed by atoms with Crippen molar-refractivity contribution in [2.45, 2.75) is 361 Å². The third-order valence-electron chi connectivity index (χ3n) is 15.3.